The van der Waals surface area contributed by atoms with Crippen molar-refractivity contribution in [2.75, 3.05) is 5.32 Å². The van der Waals surface area contributed by atoms with E-state index in [0.717, 1.165) is 43.6 Å². The molecule has 2 aromatic rings. The Balaban J connectivity index is 1.41. The van der Waals surface area contributed by atoms with Crippen LogP contribution in [0.2, 0.25) is 0 Å². The van der Waals surface area contributed by atoms with E-state index in [0.29, 0.717) is 10.4 Å². The molecule has 0 bridgehead atoms. The molecule has 2 amide bonds. The standard InChI is InChI=1S/C20H22F3N5O2/c21-20(22,23)11-28-10-13(9-24-28)18(29)25-14-7-5-12(6-8-14)17-15-3-1-2-4-16(15)19(30)27-26-17/h5-10,15-17,26H,1-4,11H2,(H,25,29)(H,27,30). The maximum atomic E-state index is 12.4. The lowest BCUT2D eigenvalue weighted by molar-refractivity contribution is -0.142. The Bertz CT molecular complexity index is 925. The van der Waals surface area contributed by atoms with Crippen LogP contribution >= 0.6 is 0 Å². The van der Waals surface area contributed by atoms with Crippen molar-refractivity contribution in [2.24, 2.45) is 11.8 Å². The average molecular weight is 421 g/mol. The third-order valence-electron chi connectivity index (χ3n) is 5.70. The van der Waals surface area contributed by atoms with Crippen LogP contribution in [0.3, 0.4) is 0 Å². The van der Waals surface area contributed by atoms with Gasteiger partial charge >= 0.3 is 6.18 Å². The Morgan fingerprint density at radius 1 is 1.20 bits per heavy atom. The molecule has 4 rings (SSSR count). The lowest BCUT2D eigenvalue weighted by Crippen LogP contribution is -2.55. The van der Waals surface area contributed by atoms with E-state index in [-0.39, 0.29) is 29.3 Å². The van der Waals surface area contributed by atoms with E-state index in [1.807, 2.05) is 12.1 Å². The Labute approximate surface area is 171 Å². The average Bonchev–Trinajstić information content (AvgIpc) is 3.16. The molecule has 2 heterocycles. The van der Waals surface area contributed by atoms with Crippen molar-refractivity contribution < 1.29 is 22.8 Å². The number of halogens is 3. The zero-order valence-electron chi connectivity index (χ0n) is 16.1. The normalized spacial score (nSPS) is 24.1. The first-order valence-electron chi connectivity index (χ1n) is 9.86. The van der Waals surface area contributed by atoms with Crippen molar-refractivity contribution in [3.8, 4) is 0 Å². The summed E-state index contributed by atoms with van der Waals surface area (Å²) in [6.45, 7) is -1.25. The van der Waals surface area contributed by atoms with E-state index in [4.69, 9.17) is 0 Å². The molecule has 10 heteroatoms. The summed E-state index contributed by atoms with van der Waals surface area (Å²) in [6.07, 6.45) is 1.80. The van der Waals surface area contributed by atoms with Crippen LogP contribution in [0.1, 0.15) is 47.6 Å². The first kappa shape index (κ1) is 20.4. The Morgan fingerprint density at radius 3 is 2.67 bits per heavy atom. The van der Waals surface area contributed by atoms with Crippen molar-refractivity contribution in [2.45, 2.75) is 44.4 Å². The number of hydrazine groups is 1. The summed E-state index contributed by atoms with van der Waals surface area (Å²) < 4.78 is 38.0. The highest BCUT2D eigenvalue weighted by Crippen LogP contribution is 2.40. The van der Waals surface area contributed by atoms with E-state index in [2.05, 4.69) is 21.3 Å². The number of nitrogens with zero attached hydrogens (tertiary/aromatic N) is 2. The van der Waals surface area contributed by atoms with Crippen LogP contribution in [-0.2, 0) is 11.3 Å². The molecule has 0 radical (unpaired) electrons. The monoisotopic (exact) mass is 421 g/mol. The van der Waals surface area contributed by atoms with E-state index in [1.54, 1.807) is 12.1 Å². The van der Waals surface area contributed by atoms with Crippen molar-refractivity contribution >= 4 is 17.5 Å². The van der Waals surface area contributed by atoms with Crippen LogP contribution in [0.25, 0.3) is 0 Å². The lowest BCUT2D eigenvalue weighted by Gasteiger charge is -2.41. The van der Waals surface area contributed by atoms with E-state index in [9.17, 15) is 22.8 Å². The molecule has 1 aliphatic carbocycles. The molecule has 30 heavy (non-hydrogen) atoms. The summed E-state index contributed by atoms with van der Waals surface area (Å²) in [5.74, 6) is -0.248. The zero-order chi connectivity index (χ0) is 21.3. The molecule has 3 unspecified atom stereocenters. The topological polar surface area (TPSA) is 88.1 Å². The molecule has 160 valence electrons. The van der Waals surface area contributed by atoms with Crippen molar-refractivity contribution in [3.63, 3.8) is 0 Å². The second-order valence-electron chi connectivity index (χ2n) is 7.78. The van der Waals surface area contributed by atoms with Gasteiger partial charge in [0.05, 0.1) is 17.8 Å². The highest BCUT2D eigenvalue weighted by Gasteiger charge is 2.40. The van der Waals surface area contributed by atoms with Crippen molar-refractivity contribution in [3.05, 3.63) is 47.8 Å². The van der Waals surface area contributed by atoms with Crippen molar-refractivity contribution in [1.29, 1.82) is 0 Å². The second kappa shape index (κ2) is 8.10. The molecule has 0 spiro atoms. The smallest absolute Gasteiger partial charge is 0.322 e. The summed E-state index contributed by atoms with van der Waals surface area (Å²) >= 11 is 0. The summed E-state index contributed by atoms with van der Waals surface area (Å²) in [5.41, 5.74) is 7.44. The van der Waals surface area contributed by atoms with Gasteiger partial charge in [-0.1, -0.05) is 25.0 Å². The quantitative estimate of drug-likeness (QED) is 0.708. The number of amides is 2. The van der Waals surface area contributed by atoms with Gasteiger partial charge in [0, 0.05) is 17.8 Å². The van der Waals surface area contributed by atoms with Crippen LogP contribution in [0, 0.1) is 11.8 Å². The SMILES string of the molecule is O=C(Nc1ccc(C2NNC(=O)C3CCCCC32)cc1)c1cnn(CC(F)(F)F)c1. The number of fused-ring (bicyclic) bond motifs is 1. The highest BCUT2D eigenvalue weighted by atomic mass is 19.4. The number of rotatable bonds is 4. The first-order chi connectivity index (χ1) is 14.3. The van der Waals surface area contributed by atoms with Crippen molar-refractivity contribution in [1.82, 2.24) is 20.6 Å². The number of benzene rings is 1. The molecule has 1 saturated heterocycles. The van der Waals surface area contributed by atoms with E-state index >= 15 is 0 Å². The number of aromatic nitrogens is 2. The maximum Gasteiger partial charge on any atom is 0.408 e. The van der Waals surface area contributed by atoms with Gasteiger partial charge in [-0.2, -0.15) is 18.3 Å². The highest BCUT2D eigenvalue weighted by molar-refractivity contribution is 6.03. The maximum absolute atomic E-state index is 12.4. The fourth-order valence-electron chi connectivity index (χ4n) is 4.29. The number of carbonyl (C=O) groups excluding carboxylic acids is 2. The van der Waals surface area contributed by atoms with Gasteiger partial charge in [0.1, 0.15) is 6.54 Å². The molecule has 3 atom stereocenters. The fourth-order valence-corrected chi connectivity index (χ4v) is 4.29. The van der Waals surface area contributed by atoms with Gasteiger partial charge in [-0.3, -0.25) is 19.7 Å². The molecule has 2 fully saturated rings. The largest absolute Gasteiger partial charge is 0.408 e. The lowest BCUT2D eigenvalue weighted by atomic mass is 9.72. The number of hydrogen-bond acceptors (Lipinski definition) is 4. The summed E-state index contributed by atoms with van der Waals surface area (Å²) in [7, 11) is 0. The molecule has 7 nitrogen and oxygen atoms in total. The van der Waals surface area contributed by atoms with E-state index < -0.39 is 18.6 Å². The zero-order valence-corrected chi connectivity index (χ0v) is 16.1. The minimum atomic E-state index is -4.40. The molecule has 1 aromatic carbocycles. The number of nitrogens with one attached hydrogen (secondary N) is 3. The first-order valence-corrected chi connectivity index (χ1v) is 9.86. The van der Waals surface area contributed by atoms with Gasteiger partial charge < -0.3 is 5.32 Å². The molecular weight excluding hydrogens is 399 g/mol. The van der Waals surface area contributed by atoms with Gasteiger partial charge in [0.15, 0.2) is 0 Å². The van der Waals surface area contributed by atoms with Crippen LogP contribution in [0.15, 0.2) is 36.7 Å². The number of anilines is 1. The summed E-state index contributed by atoms with van der Waals surface area (Å²) in [6, 6.07) is 7.23. The van der Waals surface area contributed by atoms with Crippen LogP contribution in [0.5, 0.6) is 0 Å². The van der Waals surface area contributed by atoms with Gasteiger partial charge in [-0.15, -0.1) is 0 Å². The predicted molar refractivity (Wildman–Crippen MR) is 102 cm³/mol. The Morgan fingerprint density at radius 2 is 1.93 bits per heavy atom. The Hall–Kier alpha value is -2.88. The third kappa shape index (κ3) is 4.48. The molecule has 1 aromatic heterocycles. The van der Waals surface area contributed by atoms with E-state index in [1.165, 1.54) is 0 Å². The molecule has 2 aliphatic rings. The second-order valence-corrected chi connectivity index (χ2v) is 7.78. The number of hydrogen-bond donors (Lipinski definition) is 3. The molecule has 3 N–H and O–H groups in total. The minimum Gasteiger partial charge on any atom is -0.322 e. The number of carbonyl (C=O) groups is 2. The van der Waals surface area contributed by atoms with Gasteiger partial charge in [0.25, 0.3) is 5.91 Å². The van der Waals surface area contributed by atoms with Gasteiger partial charge in [0.2, 0.25) is 5.91 Å². The van der Waals surface area contributed by atoms with Crippen LogP contribution in [-0.4, -0.2) is 27.8 Å². The van der Waals surface area contributed by atoms with Gasteiger partial charge in [-0.05, 0) is 36.5 Å². The number of alkyl halides is 3. The van der Waals surface area contributed by atoms with Crippen LogP contribution in [0.4, 0.5) is 18.9 Å². The molecular formula is C20H22F3N5O2. The van der Waals surface area contributed by atoms with Crippen LogP contribution < -0.4 is 16.2 Å². The summed E-state index contributed by atoms with van der Waals surface area (Å²) in [5, 5.41) is 6.24. The molecule has 1 aliphatic heterocycles. The third-order valence-corrected chi connectivity index (χ3v) is 5.70. The summed E-state index contributed by atoms with van der Waals surface area (Å²) in [4.78, 5) is 24.4. The minimum absolute atomic E-state index is 0.00153. The fraction of sp³-hybridized carbons (Fsp3) is 0.450. The Kier molecular flexibility index (Phi) is 5.50. The van der Waals surface area contributed by atoms with Gasteiger partial charge in [-0.25, -0.2) is 5.43 Å². The molecule has 1 saturated carbocycles. The predicted octanol–water partition coefficient (Wildman–Crippen LogP) is 3.18.